The highest BCUT2D eigenvalue weighted by Crippen LogP contribution is 2.36. The van der Waals surface area contributed by atoms with Gasteiger partial charge in [-0.2, -0.15) is 8.42 Å². The number of hydrogen-bond acceptors (Lipinski definition) is 8. The molecular weight excluding hydrogens is 442 g/mol. The van der Waals surface area contributed by atoms with Crippen LogP contribution in [0.2, 0.25) is 0 Å². The first-order valence-corrected chi connectivity index (χ1v) is 12.6. The largest absolute Gasteiger partial charge is 0.479 e. The molecule has 11 heteroatoms. The van der Waals surface area contributed by atoms with Crippen LogP contribution in [0.25, 0.3) is 0 Å². The van der Waals surface area contributed by atoms with Gasteiger partial charge in [-0.25, -0.2) is 4.79 Å². The lowest BCUT2D eigenvalue weighted by atomic mass is 9.73. The van der Waals surface area contributed by atoms with Gasteiger partial charge in [0.2, 0.25) is 5.91 Å². The topological polar surface area (TPSA) is 156 Å². The maximum Gasteiger partial charge on any atom is 0.336 e. The molecule has 1 amide bonds. The number of carboxylic acids is 1. The second kappa shape index (κ2) is 12.5. The molecule has 0 saturated heterocycles. The molecular formula is C21H37NO9S. The van der Waals surface area contributed by atoms with Crippen molar-refractivity contribution in [2.45, 2.75) is 77.7 Å². The second-order valence-electron chi connectivity index (χ2n) is 9.02. The molecule has 1 aliphatic carbocycles. The summed E-state index contributed by atoms with van der Waals surface area (Å²) in [4.78, 5) is 34.8. The number of aliphatic carboxylic acids is 1. The van der Waals surface area contributed by atoms with Crippen molar-refractivity contribution in [3.05, 3.63) is 0 Å². The van der Waals surface area contributed by atoms with E-state index in [0.29, 0.717) is 0 Å². The molecule has 1 fully saturated rings. The van der Waals surface area contributed by atoms with Crippen LogP contribution >= 0.6 is 0 Å². The molecule has 0 unspecified atom stereocenters. The smallest absolute Gasteiger partial charge is 0.336 e. The standard InChI is InChI=1S/C21H37NO9S/c1-16(23)22-12-8-14-32(28,29)31-15-20(2,3)21(27,19(25)26)11-7-13-30-18(24)17-9-5-4-6-10-17/h17,27H,4-15H2,1-3H3,(H,22,23)(H,25,26)/t21-/m0/s1. The molecule has 10 nitrogen and oxygen atoms in total. The predicted octanol–water partition coefficient (Wildman–Crippen LogP) is 1.60. The number of ether oxygens (including phenoxy) is 1. The Labute approximate surface area is 190 Å². The highest BCUT2D eigenvalue weighted by Gasteiger charge is 2.50. The molecule has 0 spiro atoms. The number of rotatable bonds is 14. The van der Waals surface area contributed by atoms with E-state index in [1.54, 1.807) is 0 Å². The first-order chi connectivity index (χ1) is 14.8. The molecule has 0 aromatic carbocycles. The first kappa shape index (κ1) is 28.3. The number of carbonyl (C=O) groups is 3. The summed E-state index contributed by atoms with van der Waals surface area (Å²) in [6, 6.07) is 0. The van der Waals surface area contributed by atoms with Gasteiger partial charge >= 0.3 is 11.9 Å². The van der Waals surface area contributed by atoms with E-state index in [4.69, 9.17) is 8.92 Å². The molecule has 0 aliphatic heterocycles. The van der Waals surface area contributed by atoms with E-state index in [1.165, 1.54) is 20.8 Å². The summed E-state index contributed by atoms with van der Waals surface area (Å²) in [5.41, 5.74) is -3.73. The van der Waals surface area contributed by atoms with E-state index >= 15 is 0 Å². The first-order valence-electron chi connectivity index (χ1n) is 11.0. The third-order valence-electron chi connectivity index (χ3n) is 5.88. The van der Waals surface area contributed by atoms with Crippen molar-refractivity contribution in [2.75, 3.05) is 25.5 Å². The van der Waals surface area contributed by atoms with Crippen LogP contribution in [0.3, 0.4) is 0 Å². The number of esters is 1. The molecule has 0 bridgehead atoms. The number of carbonyl (C=O) groups excluding carboxylic acids is 2. The van der Waals surface area contributed by atoms with Crippen molar-refractivity contribution in [1.82, 2.24) is 5.32 Å². The van der Waals surface area contributed by atoms with Crippen LogP contribution in [0.1, 0.15) is 72.1 Å². The van der Waals surface area contributed by atoms with Gasteiger partial charge in [0.25, 0.3) is 10.1 Å². The van der Waals surface area contributed by atoms with Gasteiger partial charge in [-0.3, -0.25) is 13.8 Å². The summed E-state index contributed by atoms with van der Waals surface area (Å²) in [5, 5.41) is 22.9. The minimum absolute atomic E-state index is 0.0245. The summed E-state index contributed by atoms with van der Waals surface area (Å²) in [6.45, 7) is 3.73. The highest BCUT2D eigenvalue weighted by atomic mass is 32.2. The Bertz CT molecular complexity index is 744. The fourth-order valence-corrected chi connectivity index (χ4v) is 4.71. The lowest BCUT2D eigenvalue weighted by Crippen LogP contribution is -2.54. The van der Waals surface area contributed by atoms with Gasteiger partial charge in [0.15, 0.2) is 5.60 Å². The summed E-state index contributed by atoms with van der Waals surface area (Å²) in [6.07, 6.45) is 4.68. The van der Waals surface area contributed by atoms with Gasteiger partial charge in [-0.05, 0) is 32.1 Å². The SMILES string of the molecule is CC(=O)NCCCS(=O)(=O)OCC(C)(C)[C@](O)(CCCOC(=O)C1CCCCC1)C(=O)O. The van der Waals surface area contributed by atoms with E-state index in [0.717, 1.165) is 32.1 Å². The zero-order valence-electron chi connectivity index (χ0n) is 19.2. The maximum atomic E-state index is 12.1. The molecule has 1 atom stereocenters. The predicted molar refractivity (Wildman–Crippen MR) is 116 cm³/mol. The zero-order chi connectivity index (χ0) is 24.4. The van der Waals surface area contributed by atoms with Crippen molar-refractivity contribution in [1.29, 1.82) is 0 Å². The Morgan fingerprint density at radius 2 is 1.72 bits per heavy atom. The van der Waals surface area contributed by atoms with Crippen molar-refractivity contribution >= 4 is 28.0 Å². The lowest BCUT2D eigenvalue weighted by Gasteiger charge is -2.38. The molecule has 1 rings (SSSR count). The molecule has 1 saturated carbocycles. The Kier molecular flexibility index (Phi) is 11.1. The van der Waals surface area contributed by atoms with Crippen LogP contribution < -0.4 is 5.32 Å². The average Bonchev–Trinajstić information content (AvgIpc) is 2.73. The fraction of sp³-hybridized carbons (Fsp3) is 0.857. The molecule has 0 aromatic heterocycles. The molecule has 0 aromatic rings. The Hall–Kier alpha value is -1.72. The molecule has 186 valence electrons. The third-order valence-corrected chi connectivity index (χ3v) is 7.15. The molecule has 3 N–H and O–H groups in total. The monoisotopic (exact) mass is 479 g/mol. The van der Waals surface area contributed by atoms with E-state index in [2.05, 4.69) is 5.32 Å². The summed E-state index contributed by atoms with van der Waals surface area (Å²) in [7, 11) is -3.97. The number of amides is 1. The normalized spacial score (nSPS) is 17.4. The molecule has 32 heavy (non-hydrogen) atoms. The van der Waals surface area contributed by atoms with Crippen LogP contribution in [0.4, 0.5) is 0 Å². The number of nitrogens with one attached hydrogen (secondary N) is 1. The Morgan fingerprint density at radius 3 is 2.28 bits per heavy atom. The van der Waals surface area contributed by atoms with Crippen molar-refractivity contribution < 1.29 is 41.9 Å². The van der Waals surface area contributed by atoms with Crippen LogP contribution in [-0.4, -0.2) is 67.6 Å². The average molecular weight is 480 g/mol. The second-order valence-corrected chi connectivity index (χ2v) is 10.8. The fourth-order valence-electron chi connectivity index (χ4n) is 3.62. The van der Waals surface area contributed by atoms with E-state index in [9.17, 15) is 33.0 Å². The van der Waals surface area contributed by atoms with Gasteiger partial charge in [-0.1, -0.05) is 33.1 Å². The number of aliphatic hydroxyl groups is 1. The summed E-state index contributed by atoms with van der Waals surface area (Å²) >= 11 is 0. The van der Waals surface area contributed by atoms with Gasteiger partial charge in [0.05, 0.1) is 24.9 Å². The minimum atomic E-state index is -3.97. The van der Waals surface area contributed by atoms with Crippen LogP contribution in [0.15, 0.2) is 0 Å². The van der Waals surface area contributed by atoms with Gasteiger partial charge in [0.1, 0.15) is 0 Å². The lowest BCUT2D eigenvalue weighted by molar-refractivity contribution is -0.178. The van der Waals surface area contributed by atoms with Crippen LogP contribution in [-0.2, 0) is 33.4 Å². The Balaban J connectivity index is 2.57. The molecule has 0 radical (unpaired) electrons. The molecule has 0 heterocycles. The summed E-state index contributed by atoms with van der Waals surface area (Å²) in [5.74, 6) is -2.56. The molecule has 1 aliphatic rings. The van der Waals surface area contributed by atoms with Gasteiger partial charge in [-0.15, -0.1) is 0 Å². The third kappa shape index (κ3) is 9.03. The minimum Gasteiger partial charge on any atom is -0.479 e. The maximum absolute atomic E-state index is 12.1. The number of hydrogen-bond donors (Lipinski definition) is 3. The van der Waals surface area contributed by atoms with Crippen LogP contribution in [0.5, 0.6) is 0 Å². The zero-order valence-corrected chi connectivity index (χ0v) is 20.0. The van der Waals surface area contributed by atoms with Crippen LogP contribution in [0, 0.1) is 11.3 Å². The quantitative estimate of drug-likeness (QED) is 0.191. The Morgan fingerprint density at radius 1 is 1.09 bits per heavy atom. The van der Waals surface area contributed by atoms with Gasteiger partial charge < -0.3 is 20.3 Å². The van der Waals surface area contributed by atoms with E-state index < -0.39 is 33.7 Å². The van der Waals surface area contributed by atoms with Crippen molar-refractivity contribution in [3.63, 3.8) is 0 Å². The van der Waals surface area contributed by atoms with Gasteiger partial charge in [0, 0.05) is 18.9 Å². The van der Waals surface area contributed by atoms with E-state index in [1.807, 2.05) is 0 Å². The van der Waals surface area contributed by atoms with E-state index in [-0.39, 0.29) is 56.0 Å². The van der Waals surface area contributed by atoms with Crippen molar-refractivity contribution in [2.24, 2.45) is 11.3 Å². The van der Waals surface area contributed by atoms with Crippen molar-refractivity contribution in [3.8, 4) is 0 Å². The number of carboxylic acid groups (broad SMARTS) is 1. The summed E-state index contributed by atoms with van der Waals surface area (Å²) < 4.78 is 34.4. The highest BCUT2D eigenvalue weighted by molar-refractivity contribution is 7.86.